The van der Waals surface area contributed by atoms with Gasteiger partial charge in [-0.15, -0.1) is 0 Å². The van der Waals surface area contributed by atoms with Gasteiger partial charge in [-0.2, -0.15) is 0 Å². The zero-order chi connectivity index (χ0) is 12.8. The van der Waals surface area contributed by atoms with Crippen LogP contribution in [0, 0.1) is 0 Å². The van der Waals surface area contributed by atoms with Gasteiger partial charge < -0.3 is 14.8 Å². The highest BCUT2D eigenvalue weighted by atomic mass is 79.9. The van der Waals surface area contributed by atoms with Crippen molar-refractivity contribution in [1.29, 1.82) is 0 Å². The fourth-order valence-corrected chi connectivity index (χ4v) is 2.45. The van der Waals surface area contributed by atoms with Crippen LogP contribution in [-0.2, 0) is 11.3 Å². The molecule has 18 heavy (non-hydrogen) atoms. The lowest BCUT2D eigenvalue weighted by Crippen LogP contribution is -2.28. The molecule has 100 valence electrons. The molecule has 1 fully saturated rings. The zero-order valence-corrected chi connectivity index (χ0v) is 12.3. The summed E-state index contributed by atoms with van der Waals surface area (Å²) >= 11 is 3.51. The van der Waals surface area contributed by atoms with Crippen molar-refractivity contribution in [2.75, 3.05) is 19.8 Å². The summed E-state index contributed by atoms with van der Waals surface area (Å²) in [5, 5.41) is 3.34. The summed E-state index contributed by atoms with van der Waals surface area (Å²) in [4.78, 5) is 0. The molecule has 0 amide bonds. The number of nitrogens with one attached hydrogen (secondary N) is 1. The van der Waals surface area contributed by atoms with Gasteiger partial charge >= 0.3 is 0 Å². The van der Waals surface area contributed by atoms with E-state index in [1.807, 2.05) is 12.1 Å². The number of rotatable bonds is 5. The second-order valence-electron chi connectivity index (χ2n) is 4.49. The van der Waals surface area contributed by atoms with Crippen molar-refractivity contribution in [2.45, 2.75) is 32.4 Å². The summed E-state index contributed by atoms with van der Waals surface area (Å²) in [6.45, 7) is 5.46. The summed E-state index contributed by atoms with van der Waals surface area (Å²) in [5.74, 6) is 0.967. The van der Waals surface area contributed by atoms with E-state index in [1.165, 1.54) is 5.56 Å². The molecular weight excluding hydrogens is 294 g/mol. The minimum absolute atomic E-state index is 0.195. The lowest BCUT2D eigenvalue weighted by Gasteiger charge is -2.24. The van der Waals surface area contributed by atoms with Crippen LogP contribution in [0.2, 0.25) is 0 Å². The summed E-state index contributed by atoms with van der Waals surface area (Å²) in [5.41, 5.74) is 1.19. The van der Waals surface area contributed by atoms with Crippen molar-refractivity contribution in [3.63, 3.8) is 0 Å². The maximum atomic E-state index is 6.05. The van der Waals surface area contributed by atoms with Crippen molar-refractivity contribution in [3.05, 3.63) is 28.2 Å². The second-order valence-corrected chi connectivity index (χ2v) is 5.41. The fraction of sp³-hybridized carbons (Fsp3) is 0.571. The van der Waals surface area contributed by atoms with Gasteiger partial charge in [0.1, 0.15) is 11.9 Å². The maximum absolute atomic E-state index is 6.05. The Morgan fingerprint density at radius 1 is 1.50 bits per heavy atom. The standard InChI is InChI=1S/C14H20BrNO2/c1-2-16-9-11-8-12(15)5-6-14(11)18-13-4-3-7-17-10-13/h5-6,8,13,16H,2-4,7,9-10H2,1H3. The van der Waals surface area contributed by atoms with E-state index in [-0.39, 0.29) is 6.10 Å². The first-order valence-corrected chi connectivity index (χ1v) is 7.32. The molecule has 0 bridgehead atoms. The first-order valence-electron chi connectivity index (χ1n) is 6.53. The summed E-state index contributed by atoms with van der Waals surface area (Å²) in [6.07, 6.45) is 2.36. The predicted octanol–water partition coefficient (Wildman–Crippen LogP) is 3.12. The molecule has 1 atom stereocenters. The highest BCUT2D eigenvalue weighted by molar-refractivity contribution is 9.10. The van der Waals surface area contributed by atoms with Gasteiger partial charge in [-0.05, 0) is 37.6 Å². The van der Waals surface area contributed by atoms with E-state index < -0.39 is 0 Å². The molecular formula is C14H20BrNO2. The average Bonchev–Trinajstić information content (AvgIpc) is 2.40. The third kappa shape index (κ3) is 3.97. The van der Waals surface area contributed by atoms with E-state index in [4.69, 9.17) is 9.47 Å². The highest BCUT2D eigenvalue weighted by Gasteiger charge is 2.16. The normalized spacial score (nSPS) is 19.8. The Balaban J connectivity index is 2.04. The Morgan fingerprint density at radius 2 is 2.39 bits per heavy atom. The molecule has 0 aliphatic carbocycles. The van der Waals surface area contributed by atoms with Crippen LogP contribution in [0.4, 0.5) is 0 Å². The van der Waals surface area contributed by atoms with Gasteiger partial charge in [0.25, 0.3) is 0 Å². The van der Waals surface area contributed by atoms with Crippen molar-refractivity contribution in [2.24, 2.45) is 0 Å². The number of halogens is 1. The molecule has 2 rings (SSSR count). The molecule has 1 heterocycles. The minimum Gasteiger partial charge on any atom is -0.488 e. The SMILES string of the molecule is CCNCc1cc(Br)ccc1OC1CCCOC1. The van der Waals surface area contributed by atoms with Gasteiger partial charge in [0, 0.05) is 23.2 Å². The van der Waals surface area contributed by atoms with E-state index in [2.05, 4.69) is 34.2 Å². The Morgan fingerprint density at radius 3 is 3.11 bits per heavy atom. The monoisotopic (exact) mass is 313 g/mol. The molecule has 1 aromatic carbocycles. The lowest BCUT2D eigenvalue weighted by molar-refractivity contribution is 0.00700. The van der Waals surface area contributed by atoms with Crippen molar-refractivity contribution in [3.8, 4) is 5.75 Å². The Kier molecular flexibility index (Phi) is 5.47. The molecule has 3 nitrogen and oxygen atoms in total. The van der Waals surface area contributed by atoms with Gasteiger partial charge in [0.15, 0.2) is 0 Å². The summed E-state index contributed by atoms with van der Waals surface area (Å²) < 4.78 is 12.6. The number of hydrogen-bond acceptors (Lipinski definition) is 3. The van der Waals surface area contributed by atoms with Crippen LogP contribution in [0.15, 0.2) is 22.7 Å². The topological polar surface area (TPSA) is 30.5 Å². The van der Waals surface area contributed by atoms with Gasteiger partial charge in [-0.25, -0.2) is 0 Å². The van der Waals surface area contributed by atoms with E-state index in [9.17, 15) is 0 Å². The molecule has 1 unspecified atom stereocenters. The van der Waals surface area contributed by atoms with Crippen molar-refractivity contribution >= 4 is 15.9 Å². The Labute approximate surface area is 117 Å². The Bertz CT molecular complexity index is 378. The molecule has 1 aliphatic heterocycles. The average molecular weight is 314 g/mol. The third-order valence-electron chi connectivity index (χ3n) is 3.00. The third-order valence-corrected chi connectivity index (χ3v) is 3.49. The molecule has 1 saturated heterocycles. The van der Waals surface area contributed by atoms with Gasteiger partial charge in [-0.1, -0.05) is 22.9 Å². The highest BCUT2D eigenvalue weighted by Crippen LogP contribution is 2.25. The molecule has 4 heteroatoms. The van der Waals surface area contributed by atoms with Crippen LogP contribution in [-0.4, -0.2) is 25.9 Å². The molecule has 0 radical (unpaired) electrons. The van der Waals surface area contributed by atoms with E-state index in [0.717, 1.165) is 42.8 Å². The fourth-order valence-electron chi connectivity index (χ4n) is 2.04. The van der Waals surface area contributed by atoms with Gasteiger partial charge in [0.05, 0.1) is 6.61 Å². The van der Waals surface area contributed by atoms with E-state index in [1.54, 1.807) is 0 Å². The second kappa shape index (κ2) is 7.12. The lowest BCUT2D eigenvalue weighted by atomic mass is 10.1. The molecule has 1 aliphatic rings. The molecule has 0 spiro atoms. The maximum Gasteiger partial charge on any atom is 0.124 e. The van der Waals surface area contributed by atoms with Crippen LogP contribution in [0.3, 0.4) is 0 Å². The molecule has 0 aromatic heterocycles. The first kappa shape index (κ1) is 13.8. The molecule has 0 saturated carbocycles. The van der Waals surface area contributed by atoms with Crippen molar-refractivity contribution < 1.29 is 9.47 Å². The van der Waals surface area contributed by atoms with E-state index >= 15 is 0 Å². The number of ether oxygens (including phenoxy) is 2. The minimum atomic E-state index is 0.195. The van der Waals surface area contributed by atoms with Crippen molar-refractivity contribution in [1.82, 2.24) is 5.32 Å². The van der Waals surface area contributed by atoms with Gasteiger partial charge in [0.2, 0.25) is 0 Å². The molecule has 1 aromatic rings. The molecule has 1 N–H and O–H groups in total. The van der Waals surface area contributed by atoms with Crippen LogP contribution in [0.5, 0.6) is 5.75 Å². The first-order chi connectivity index (χ1) is 8.79. The summed E-state index contributed by atoms with van der Waals surface area (Å²) in [6, 6.07) is 6.17. The van der Waals surface area contributed by atoms with Crippen LogP contribution < -0.4 is 10.1 Å². The van der Waals surface area contributed by atoms with E-state index in [0.29, 0.717) is 6.61 Å². The number of hydrogen-bond donors (Lipinski definition) is 1. The quantitative estimate of drug-likeness (QED) is 0.906. The predicted molar refractivity (Wildman–Crippen MR) is 76.0 cm³/mol. The number of benzene rings is 1. The largest absolute Gasteiger partial charge is 0.488 e. The smallest absolute Gasteiger partial charge is 0.124 e. The van der Waals surface area contributed by atoms with Crippen LogP contribution in [0.1, 0.15) is 25.3 Å². The van der Waals surface area contributed by atoms with Crippen LogP contribution in [0.25, 0.3) is 0 Å². The summed E-state index contributed by atoms with van der Waals surface area (Å²) in [7, 11) is 0. The van der Waals surface area contributed by atoms with Crippen LogP contribution >= 0.6 is 15.9 Å². The zero-order valence-electron chi connectivity index (χ0n) is 10.7. The Hall–Kier alpha value is -0.580. The van der Waals surface area contributed by atoms with Gasteiger partial charge in [-0.3, -0.25) is 0 Å².